The molecule has 0 fully saturated rings. The van der Waals surface area contributed by atoms with E-state index in [0.717, 1.165) is 28.1 Å². The van der Waals surface area contributed by atoms with E-state index in [1.807, 2.05) is 29.8 Å². The van der Waals surface area contributed by atoms with Gasteiger partial charge in [-0.15, -0.1) is 0 Å². The number of aromatic nitrogens is 3. The number of nitrogens with zero attached hydrogens (tertiary/aromatic N) is 3. The first-order chi connectivity index (χ1) is 8.76. The first-order valence-corrected chi connectivity index (χ1v) is 5.82. The number of fused-ring (bicyclic) bond motifs is 1. The van der Waals surface area contributed by atoms with Crippen LogP contribution in [0.15, 0.2) is 35.0 Å². The summed E-state index contributed by atoms with van der Waals surface area (Å²) in [7, 11) is 0. The lowest BCUT2D eigenvalue weighted by atomic mass is 10.2. The molecule has 5 heteroatoms. The number of nitrogens with two attached hydrogens (primary N) is 1. The molecule has 0 spiro atoms. The first kappa shape index (κ1) is 11.0. The zero-order chi connectivity index (χ0) is 12.5. The lowest BCUT2D eigenvalue weighted by molar-refractivity contribution is 0.462. The first-order valence-electron chi connectivity index (χ1n) is 5.82. The van der Waals surface area contributed by atoms with Crippen LogP contribution in [0.3, 0.4) is 0 Å². The molecule has 92 valence electrons. The molecule has 0 bridgehead atoms. The number of hydrogen-bond acceptors (Lipinski definition) is 4. The molecule has 5 nitrogen and oxygen atoms in total. The van der Waals surface area contributed by atoms with Gasteiger partial charge in [-0.3, -0.25) is 0 Å². The molecule has 0 aromatic carbocycles. The second kappa shape index (κ2) is 4.27. The van der Waals surface area contributed by atoms with Gasteiger partial charge in [-0.1, -0.05) is 0 Å². The van der Waals surface area contributed by atoms with E-state index < -0.39 is 0 Å². The van der Waals surface area contributed by atoms with Crippen LogP contribution in [0.5, 0.6) is 0 Å². The summed E-state index contributed by atoms with van der Waals surface area (Å²) in [5.41, 5.74) is 7.45. The monoisotopic (exact) mass is 242 g/mol. The summed E-state index contributed by atoms with van der Waals surface area (Å²) in [6.07, 6.45) is 3.59. The summed E-state index contributed by atoms with van der Waals surface area (Å²) in [6, 6.07) is 5.91. The van der Waals surface area contributed by atoms with Crippen molar-refractivity contribution in [3.63, 3.8) is 0 Å². The number of hydrogen-bond donors (Lipinski definition) is 1. The minimum Gasteiger partial charge on any atom is -0.464 e. The standard InChI is InChI=1S/C13H14N4O/c1-9-2-3-12(18-9)8-17-13-11(7-16-17)4-10(5-14)6-15-13/h2-4,6-7H,5,8,14H2,1H3. The van der Waals surface area contributed by atoms with Crippen LogP contribution < -0.4 is 5.73 Å². The predicted molar refractivity (Wildman–Crippen MR) is 68.0 cm³/mol. The fourth-order valence-electron chi connectivity index (χ4n) is 1.96. The average Bonchev–Trinajstić information content (AvgIpc) is 2.96. The second-order valence-electron chi connectivity index (χ2n) is 4.28. The molecule has 0 saturated carbocycles. The van der Waals surface area contributed by atoms with Crippen molar-refractivity contribution >= 4 is 11.0 Å². The Morgan fingerprint density at radius 3 is 2.94 bits per heavy atom. The van der Waals surface area contributed by atoms with Gasteiger partial charge < -0.3 is 10.2 Å². The second-order valence-corrected chi connectivity index (χ2v) is 4.28. The van der Waals surface area contributed by atoms with E-state index in [1.54, 1.807) is 12.4 Å². The molecule has 0 unspecified atom stereocenters. The zero-order valence-corrected chi connectivity index (χ0v) is 10.1. The fraction of sp³-hybridized carbons (Fsp3) is 0.231. The van der Waals surface area contributed by atoms with Crippen molar-refractivity contribution in [2.45, 2.75) is 20.0 Å². The van der Waals surface area contributed by atoms with E-state index in [9.17, 15) is 0 Å². The van der Waals surface area contributed by atoms with Gasteiger partial charge in [-0.2, -0.15) is 5.10 Å². The Hall–Kier alpha value is -2.14. The molecule has 0 aliphatic carbocycles. The largest absolute Gasteiger partial charge is 0.464 e. The summed E-state index contributed by atoms with van der Waals surface area (Å²) in [5.74, 6) is 1.78. The summed E-state index contributed by atoms with van der Waals surface area (Å²) in [6.45, 7) is 3.01. The van der Waals surface area contributed by atoms with Gasteiger partial charge in [0.25, 0.3) is 0 Å². The van der Waals surface area contributed by atoms with E-state index in [1.165, 1.54) is 0 Å². The summed E-state index contributed by atoms with van der Waals surface area (Å²) in [5, 5.41) is 5.33. The highest BCUT2D eigenvalue weighted by molar-refractivity contribution is 5.74. The van der Waals surface area contributed by atoms with Gasteiger partial charge in [0, 0.05) is 18.1 Å². The maximum atomic E-state index is 5.59. The molecule has 3 aromatic rings. The van der Waals surface area contributed by atoms with Gasteiger partial charge in [-0.05, 0) is 30.7 Å². The molecule has 0 amide bonds. The van der Waals surface area contributed by atoms with Crippen LogP contribution in [0, 0.1) is 6.92 Å². The van der Waals surface area contributed by atoms with Crippen molar-refractivity contribution < 1.29 is 4.42 Å². The van der Waals surface area contributed by atoms with Crippen LogP contribution in [0.4, 0.5) is 0 Å². The lowest BCUT2D eigenvalue weighted by Crippen LogP contribution is -2.02. The molecule has 0 aliphatic rings. The molecule has 3 heterocycles. The maximum Gasteiger partial charge on any atom is 0.158 e. The molecule has 0 saturated heterocycles. The Balaban J connectivity index is 1.97. The number of rotatable bonds is 3. The Kier molecular flexibility index (Phi) is 2.60. The van der Waals surface area contributed by atoms with Gasteiger partial charge in [0.15, 0.2) is 5.65 Å². The lowest BCUT2D eigenvalue weighted by Gasteiger charge is -2.01. The van der Waals surface area contributed by atoms with Crippen LogP contribution in [0.1, 0.15) is 17.1 Å². The van der Waals surface area contributed by atoms with Crippen molar-refractivity contribution in [2.75, 3.05) is 0 Å². The molecular formula is C13H14N4O. The van der Waals surface area contributed by atoms with Crippen LogP contribution in [0.25, 0.3) is 11.0 Å². The van der Waals surface area contributed by atoms with Crippen LogP contribution in [-0.2, 0) is 13.1 Å². The molecule has 3 aromatic heterocycles. The number of pyridine rings is 1. The minimum atomic E-state index is 0.492. The van der Waals surface area contributed by atoms with E-state index in [0.29, 0.717) is 13.1 Å². The van der Waals surface area contributed by atoms with Crippen LogP contribution in [-0.4, -0.2) is 14.8 Å². The van der Waals surface area contributed by atoms with Crippen molar-refractivity contribution in [3.8, 4) is 0 Å². The van der Waals surface area contributed by atoms with Gasteiger partial charge in [0.05, 0.1) is 6.20 Å². The molecular weight excluding hydrogens is 228 g/mol. The maximum absolute atomic E-state index is 5.59. The van der Waals surface area contributed by atoms with Gasteiger partial charge in [0.1, 0.15) is 18.1 Å². The van der Waals surface area contributed by atoms with Gasteiger partial charge in [-0.25, -0.2) is 9.67 Å². The van der Waals surface area contributed by atoms with E-state index in [-0.39, 0.29) is 0 Å². The molecule has 0 aliphatic heterocycles. The Morgan fingerprint density at radius 1 is 1.33 bits per heavy atom. The highest BCUT2D eigenvalue weighted by Crippen LogP contribution is 2.15. The van der Waals surface area contributed by atoms with Gasteiger partial charge >= 0.3 is 0 Å². The Labute approximate surface area is 104 Å². The van der Waals surface area contributed by atoms with E-state index in [4.69, 9.17) is 10.2 Å². The summed E-state index contributed by atoms with van der Waals surface area (Å²) in [4.78, 5) is 4.39. The molecule has 0 atom stereocenters. The van der Waals surface area contributed by atoms with Crippen molar-refractivity contribution in [1.29, 1.82) is 0 Å². The van der Waals surface area contributed by atoms with E-state index >= 15 is 0 Å². The summed E-state index contributed by atoms with van der Waals surface area (Å²) >= 11 is 0. The zero-order valence-electron chi connectivity index (χ0n) is 10.1. The average molecular weight is 242 g/mol. The quantitative estimate of drug-likeness (QED) is 0.760. The third kappa shape index (κ3) is 1.89. The molecule has 0 radical (unpaired) electrons. The SMILES string of the molecule is Cc1ccc(Cn2ncc3cc(CN)cnc32)o1. The number of furan rings is 1. The summed E-state index contributed by atoms with van der Waals surface area (Å²) < 4.78 is 7.37. The molecule has 18 heavy (non-hydrogen) atoms. The third-order valence-electron chi connectivity index (χ3n) is 2.87. The Morgan fingerprint density at radius 2 is 2.22 bits per heavy atom. The third-order valence-corrected chi connectivity index (χ3v) is 2.87. The molecule has 2 N–H and O–H groups in total. The van der Waals surface area contributed by atoms with Gasteiger partial charge in [0.2, 0.25) is 0 Å². The molecule has 3 rings (SSSR count). The topological polar surface area (TPSA) is 69.9 Å². The highest BCUT2D eigenvalue weighted by Gasteiger charge is 2.07. The highest BCUT2D eigenvalue weighted by atomic mass is 16.3. The van der Waals surface area contributed by atoms with Crippen LogP contribution in [0.2, 0.25) is 0 Å². The normalized spacial score (nSPS) is 11.2. The number of aryl methyl sites for hydroxylation is 1. The van der Waals surface area contributed by atoms with Crippen molar-refractivity contribution in [1.82, 2.24) is 14.8 Å². The minimum absolute atomic E-state index is 0.492. The fourth-order valence-corrected chi connectivity index (χ4v) is 1.96. The van der Waals surface area contributed by atoms with Crippen LogP contribution >= 0.6 is 0 Å². The van der Waals surface area contributed by atoms with Crippen molar-refractivity contribution in [2.24, 2.45) is 5.73 Å². The smallest absolute Gasteiger partial charge is 0.158 e. The van der Waals surface area contributed by atoms with E-state index in [2.05, 4.69) is 10.1 Å². The van der Waals surface area contributed by atoms with Crippen molar-refractivity contribution in [3.05, 3.63) is 47.7 Å². The Bertz CT molecular complexity index is 683. The predicted octanol–water partition coefficient (Wildman–Crippen LogP) is 1.84.